The van der Waals surface area contributed by atoms with Crippen LogP contribution < -0.4 is 5.32 Å². The topological polar surface area (TPSA) is 125 Å². The van der Waals surface area contributed by atoms with Crippen LogP contribution in [0.1, 0.15) is 54.4 Å². The lowest BCUT2D eigenvalue weighted by Gasteiger charge is -2.34. The predicted molar refractivity (Wildman–Crippen MR) is 109 cm³/mol. The molecule has 1 rings (SSSR count). The summed E-state index contributed by atoms with van der Waals surface area (Å²) in [7, 11) is 0. The van der Waals surface area contributed by atoms with Crippen molar-refractivity contribution >= 4 is 23.9 Å². The van der Waals surface area contributed by atoms with Crippen LogP contribution in [0.15, 0.2) is 0 Å². The molecule has 30 heavy (non-hydrogen) atoms. The molecule has 10 nitrogen and oxygen atoms in total. The van der Waals surface area contributed by atoms with Gasteiger partial charge in [-0.1, -0.05) is 0 Å². The van der Waals surface area contributed by atoms with Crippen LogP contribution in [0.3, 0.4) is 0 Å². The van der Waals surface area contributed by atoms with E-state index in [9.17, 15) is 24.3 Å². The number of alkyl carbamates (subject to hydrolysis) is 1. The number of hydrogen-bond donors (Lipinski definition) is 2. The van der Waals surface area contributed by atoms with E-state index < -0.39 is 29.3 Å². The fourth-order valence-corrected chi connectivity index (χ4v) is 2.84. The molecular formula is C20H35N3O7. The summed E-state index contributed by atoms with van der Waals surface area (Å²) in [4.78, 5) is 51.1. The summed E-state index contributed by atoms with van der Waals surface area (Å²) in [5.41, 5.74) is -1.29. The van der Waals surface area contributed by atoms with E-state index in [0.29, 0.717) is 26.2 Å². The Labute approximate surface area is 177 Å². The quantitative estimate of drug-likeness (QED) is 0.579. The SMILES string of the molecule is CC(C)(C)OC(=O)CN1CCN(C(=O)CC[C@H](NC(=O)OC(C)(C)C)C(=O)O)CC1. The third-order valence-corrected chi connectivity index (χ3v) is 4.13. The van der Waals surface area contributed by atoms with Crippen LogP contribution in [0, 0.1) is 0 Å². The number of carbonyl (C=O) groups excluding carboxylic acids is 3. The number of carbonyl (C=O) groups is 4. The first kappa shape index (κ1) is 25.7. The number of hydrogen-bond acceptors (Lipinski definition) is 7. The van der Waals surface area contributed by atoms with E-state index in [2.05, 4.69) is 5.32 Å². The lowest BCUT2D eigenvalue weighted by atomic mass is 10.1. The van der Waals surface area contributed by atoms with Gasteiger partial charge in [0.2, 0.25) is 5.91 Å². The highest BCUT2D eigenvalue weighted by Gasteiger charge is 2.28. The zero-order valence-corrected chi connectivity index (χ0v) is 18.8. The van der Waals surface area contributed by atoms with Gasteiger partial charge in [-0.25, -0.2) is 9.59 Å². The van der Waals surface area contributed by atoms with Gasteiger partial charge in [-0.15, -0.1) is 0 Å². The van der Waals surface area contributed by atoms with Gasteiger partial charge < -0.3 is 24.8 Å². The standard InChI is InChI=1S/C20H35N3O7/c1-19(2,3)29-16(25)13-22-9-11-23(12-10-22)15(24)8-7-14(17(26)27)21-18(28)30-20(4,5)6/h14H,7-13H2,1-6H3,(H,21,28)(H,26,27)/t14-/m0/s1. The summed E-state index contributed by atoms with van der Waals surface area (Å²) < 4.78 is 10.4. The Balaban J connectivity index is 2.43. The van der Waals surface area contributed by atoms with E-state index in [4.69, 9.17) is 9.47 Å². The van der Waals surface area contributed by atoms with Gasteiger partial charge in [0, 0.05) is 32.6 Å². The highest BCUT2D eigenvalue weighted by Crippen LogP contribution is 2.11. The molecule has 10 heteroatoms. The summed E-state index contributed by atoms with van der Waals surface area (Å²) in [6, 6.07) is -1.21. The third-order valence-electron chi connectivity index (χ3n) is 4.13. The molecule has 0 aliphatic carbocycles. The third kappa shape index (κ3) is 10.4. The molecule has 1 aliphatic rings. The summed E-state index contributed by atoms with van der Waals surface area (Å²) >= 11 is 0. The number of amides is 2. The van der Waals surface area contributed by atoms with Gasteiger partial charge in [0.05, 0.1) is 6.54 Å². The van der Waals surface area contributed by atoms with Crippen molar-refractivity contribution < 1.29 is 33.8 Å². The highest BCUT2D eigenvalue weighted by atomic mass is 16.6. The molecule has 0 spiro atoms. The van der Waals surface area contributed by atoms with Gasteiger partial charge in [0.15, 0.2) is 0 Å². The Morgan fingerprint density at radius 2 is 1.47 bits per heavy atom. The van der Waals surface area contributed by atoms with Crippen LogP contribution in [0.4, 0.5) is 4.79 Å². The Morgan fingerprint density at radius 3 is 1.93 bits per heavy atom. The maximum Gasteiger partial charge on any atom is 0.408 e. The number of piperazine rings is 1. The Hall–Kier alpha value is -2.36. The Bertz CT molecular complexity index is 629. The Kier molecular flexibility index (Phi) is 9.08. The van der Waals surface area contributed by atoms with Crippen molar-refractivity contribution in [3.8, 4) is 0 Å². The maximum atomic E-state index is 12.4. The number of nitrogens with zero attached hydrogens (tertiary/aromatic N) is 2. The van der Waals surface area contributed by atoms with E-state index in [1.54, 1.807) is 25.7 Å². The van der Waals surface area contributed by atoms with Crippen molar-refractivity contribution in [2.24, 2.45) is 0 Å². The molecule has 0 bridgehead atoms. The fourth-order valence-electron chi connectivity index (χ4n) is 2.84. The normalized spacial score (nSPS) is 16.5. The first-order valence-corrected chi connectivity index (χ1v) is 10.1. The zero-order chi connectivity index (χ0) is 23.1. The van der Waals surface area contributed by atoms with Gasteiger partial charge in [-0.05, 0) is 48.0 Å². The highest BCUT2D eigenvalue weighted by molar-refractivity contribution is 5.82. The number of rotatable bonds is 7. The molecule has 1 saturated heterocycles. The minimum Gasteiger partial charge on any atom is -0.480 e. The first-order chi connectivity index (χ1) is 13.7. The predicted octanol–water partition coefficient (Wildman–Crippen LogP) is 1.23. The molecule has 0 aromatic heterocycles. The lowest BCUT2D eigenvalue weighted by molar-refractivity contribution is -0.156. The number of carboxylic acid groups (broad SMARTS) is 1. The molecule has 0 aromatic carbocycles. The van der Waals surface area contributed by atoms with Crippen LogP contribution in [0.25, 0.3) is 0 Å². The summed E-state index contributed by atoms with van der Waals surface area (Å²) in [5.74, 6) is -1.72. The van der Waals surface area contributed by atoms with Crippen molar-refractivity contribution in [1.29, 1.82) is 0 Å². The second-order valence-corrected chi connectivity index (χ2v) is 9.32. The largest absolute Gasteiger partial charge is 0.480 e. The van der Waals surface area contributed by atoms with E-state index in [1.807, 2.05) is 25.7 Å². The molecular weight excluding hydrogens is 394 g/mol. The van der Waals surface area contributed by atoms with Crippen LogP contribution in [0.5, 0.6) is 0 Å². The van der Waals surface area contributed by atoms with E-state index in [1.165, 1.54) is 0 Å². The van der Waals surface area contributed by atoms with Crippen LogP contribution in [-0.4, -0.2) is 88.8 Å². The van der Waals surface area contributed by atoms with Crippen molar-refractivity contribution in [2.75, 3.05) is 32.7 Å². The monoisotopic (exact) mass is 429 g/mol. The van der Waals surface area contributed by atoms with Gasteiger partial charge in [0.1, 0.15) is 17.2 Å². The first-order valence-electron chi connectivity index (χ1n) is 10.1. The average Bonchev–Trinajstić information content (AvgIpc) is 2.55. The summed E-state index contributed by atoms with van der Waals surface area (Å²) in [6.45, 7) is 12.6. The second kappa shape index (κ2) is 10.6. The Morgan fingerprint density at radius 1 is 0.933 bits per heavy atom. The minimum atomic E-state index is -1.23. The van der Waals surface area contributed by atoms with E-state index in [0.717, 1.165) is 0 Å². The van der Waals surface area contributed by atoms with Crippen molar-refractivity contribution in [2.45, 2.75) is 71.6 Å². The smallest absolute Gasteiger partial charge is 0.408 e. The van der Waals surface area contributed by atoms with Gasteiger partial charge in [-0.2, -0.15) is 0 Å². The summed E-state index contributed by atoms with van der Waals surface area (Å²) in [6.07, 6.45) is -0.886. The molecule has 172 valence electrons. The van der Waals surface area contributed by atoms with Crippen molar-refractivity contribution in [3.63, 3.8) is 0 Å². The molecule has 2 N–H and O–H groups in total. The van der Waals surface area contributed by atoms with Gasteiger partial charge in [-0.3, -0.25) is 14.5 Å². The van der Waals surface area contributed by atoms with E-state index >= 15 is 0 Å². The van der Waals surface area contributed by atoms with E-state index in [-0.39, 0.29) is 31.3 Å². The van der Waals surface area contributed by atoms with Crippen LogP contribution >= 0.6 is 0 Å². The molecule has 1 fully saturated rings. The molecule has 0 unspecified atom stereocenters. The average molecular weight is 430 g/mol. The maximum absolute atomic E-state index is 12.4. The molecule has 2 amide bonds. The molecule has 0 aromatic rings. The molecule has 0 saturated carbocycles. The van der Waals surface area contributed by atoms with Crippen molar-refractivity contribution in [3.05, 3.63) is 0 Å². The molecule has 1 atom stereocenters. The number of ether oxygens (including phenoxy) is 2. The van der Waals surface area contributed by atoms with Gasteiger partial charge >= 0.3 is 18.0 Å². The zero-order valence-electron chi connectivity index (χ0n) is 18.8. The minimum absolute atomic E-state index is 0.0150. The number of esters is 1. The molecule has 1 aliphatic heterocycles. The molecule has 0 radical (unpaired) electrons. The fraction of sp³-hybridized carbons (Fsp3) is 0.800. The van der Waals surface area contributed by atoms with Crippen LogP contribution in [-0.2, 0) is 23.9 Å². The summed E-state index contributed by atoms with van der Waals surface area (Å²) in [5, 5.41) is 11.6. The lowest BCUT2D eigenvalue weighted by Crippen LogP contribution is -2.51. The number of nitrogens with one attached hydrogen (secondary N) is 1. The number of aliphatic carboxylic acids is 1. The van der Waals surface area contributed by atoms with Crippen molar-refractivity contribution in [1.82, 2.24) is 15.1 Å². The van der Waals surface area contributed by atoms with Gasteiger partial charge in [0.25, 0.3) is 0 Å². The second-order valence-electron chi connectivity index (χ2n) is 9.32. The number of carboxylic acids is 1. The molecule has 1 heterocycles. The van der Waals surface area contributed by atoms with Crippen LogP contribution in [0.2, 0.25) is 0 Å².